The predicted octanol–water partition coefficient (Wildman–Crippen LogP) is 1.45. The number of carbonyl (C=O) groups is 2. The van der Waals surface area contributed by atoms with Crippen molar-refractivity contribution < 1.29 is 24.0 Å². The molecule has 0 aliphatic carbocycles. The summed E-state index contributed by atoms with van der Waals surface area (Å²) in [6.45, 7) is 3.43. The Labute approximate surface area is 101 Å². The zero-order chi connectivity index (χ0) is 13.3. The third kappa shape index (κ3) is 1.93. The second kappa shape index (κ2) is 4.28. The van der Waals surface area contributed by atoms with Crippen molar-refractivity contribution in [3.05, 3.63) is 34.4 Å². The van der Waals surface area contributed by atoms with E-state index in [1.807, 2.05) is 0 Å². The number of nitro benzene ring substituents is 1. The first-order valence-electron chi connectivity index (χ1n) is 4.88. The topological polar surface area (TPSA) is 95.7 Å². The molecule has 0 unspecified atom stereocenters. The molecule has 92 valence electrons. The smallest absolute Gasteiger partial charge is 0.322 e. The van der Waals surface area contributed by atoms with Crippen molar-refractivity contribution in [3.8, 4) is 11.5 Å². The van der Waals surface area contributed by atoms with Crippen LogP contribution in [0.3, 0.4) is 0 Å². The summed E-state index contributed by atoms with van der Waals surface area (Å²) in [5.41, 5.74) is -0.282. The Morgan fingerprint density at radius 1 is 1.28 bits per heavy atom. The molecule has 0 saturated carbocycles. The molecule has 7 heteroatoms. The lowest BCUT2D eigenvalue weighted by Crippen LogP contribution is -2.13. The quantitative estimate of drug-likeness (QED) is 0.259. The van der Waals surface area contributed by atoms with Crippen molar-refractivity contribution in [1.82, 2.24) is 0 Å². The summed E-state index contributed by atoms with van der Waals surface area (Å²) in [5, 5.41) is 11.0. The Balaban J connectivity index is 2.68. The normalized spacial score (nSPS) is 14.0. The van der Waals surface area contributed by atoms with Crippen molar-refractivity contribution in [2.24, 2.45) is 0 Å². The second-order valence-electron chi connectivity index (χ2n) is 3.42. The number of carbonyl (C=O) groups excluding carboxylic acids is 2. The minimum atomic E-state index is -0.900. The summed E-state index contributed by atoms with van der Waals surface area (Å²) in [7, 11) is 0. The first-order chi connectivity index (χ1) is 8.52. The maximum Gasteiger partial charge on any atom is 0.322 e. The van der Waals surface area contributed by atoms with Crippen LogP contribution >= 0.6 is 0 Å². The molecule has 1 aromatic carbocycles. The number of ether oxygens (including phenoxy) is 2. The minimum Gasteiger partial charge on any atom is -0.422 e. The Kier molecular flexibility index (Phi) is 2.80. The van der Waals surface area contributed by atoms with Crippen LogP contribution in [0.25, 0.3) is 6.08 Å². The number of hydrogen-bond acceptors (Lipinski definition) is 6. The number of fused-ring (bicyclic) bond motifs is 1. The highest BCUT2D eigenvalue weighted by atomic mass is 16.6. The van der Waals surface area contributed by atoms with E-state index in [0.717, 1.165) is 0 Å². The van der Waals surface area contributed by atoms with Crippen molar-refractivity contribution >= 4 is 23.7 Å². The molecule has 0 fully saturated rings. The summed E-state index contributed by atoms with van der Waals surface area (Å²) in [6.07, 6.45) is 0.661. The zero-order valence-corrected chi connectivity index (χ0v) is 9.04. The first-order valence-corrected chi connectivity index (χ1v) is 4.88. The first kappa shape index (κ1) is 11.8. The van der Waals surface area contributed by atoms with E-state index in [4.69, 9.17) is 9.47 Å². The van der Waals surface area contributed by atoms with Crippen LogP contribution in [0.4, 0.5) is 5.69 Å². The average molecular weight is 249 g/mol. The molecule has 1 heterocycles. The third-order valence-electron chi connectivity index (χ3n) is 2.26. The number of nitrogens with zero attached hydrogens (tertiary/aromatic N) is 1. The largest absolute Gasteiger partial charge is 0.422 e. The van der Waals surface area contributed by atoms with Gasteiger partial charge in [0.15, 0.2) is 5.75 Å². The van der Waals surface area contributed by atoms with Gasteiger partial charge in [-0.15, -0.1) is 0 Å². The lowest BCUT2D eigenvalue weighted by atomic mass is 10.1. The molecule has 0 N–H and O–H groups in total. The van der Waals surface area contributed by atoms with Gasteiger partial charge in [-0.2, -0.15) is 0 Å². The molecule has 1 aromatic rings. The number of nitro groups is 1. The maximum absolute atomic E-state index is 11.3. The Hall–Kier alpha value is -2.70. The summed E-state index contributed by atoms with van der Waals surface area (Å²) in [6, 6.07) is 2.67. The van der Waals surface area contributed by atoms with Gasteiger partial charge in [-0.05, 0) is 12.1 Å². The molecular weight excluding hydrogens is 242 g/mol. The van der Waals surface area contributed by atoms with E-state index in [9.17, 15) is 19.7 Å². The van der Waals surface area contributed by atoms with Crippen molar-refractivity contribution in [2.75, 3.05) is 0 Å². The molecule has 0 amide bonds. The van der Waals surface area contributed by atoms with E-state index in [1.165, 1.54) is 18.2 Å². The van der Waals surface area contributed by atoms with Gasteiger partial charge in [-0.25, -0.2) is 0 Å². The van der Waals surface area contributed by atoms with E-state index in [1.54, 1.807) is 0 Å². The summed E-state index contributed by atoms with van der Waals surface area (Å²) >= 11 is 0. The molecular formula is C11H7NO6. The number of hydrogen-bond donors (Lipinski definition) is 0. The number of rotatable bonds is 2. The molecule has 0 atom stereocenters. The molecule has 0 aromatic heterocycles. The van der Waals surface area contributed by atoms with E-state index in [0.29, 0.717) is 0 Å². The van der Waals surface area contributed by atoms with Gasteiger partial charge in [0.2, 0.25) is 0 Å². The summed E-state index contributed by atoms with van der Waals surface area (Å²) in [4.78, 5) is 32.7. The van der Waals surface area contributed by atoms with Crippen LogP contribution in [0.2, 0.25) is 0 Å². The molecule has 0 spiro atoms. The Morgan fingerprint density at radius 3 is 2.56 bits per heavy atom. The molecule has 1 aliphatic rings. The molecule has 1 aliphatic heterocycles. The van der Waals surface area contributed by atoms with Crippen molar-refractivity contribution in [2.45, 2.75) is 6.42 Å². The number of benzene rings is 1. The molecule has 7 nitrogen and oxygen atoms in total. The maximum atomic E-state index is 11.3. The third-order valence-corrected chi connectivity index (χ3v) is 2.26. The van der Waals surface area contributed by atoms with Gasteiger partial charge in [0.25, 0.3) is 5.75 Å². The van der Waals surface area contributed by atoms with E-state index in [-0.39, 0.29) is 17.1 Å². The van der Waals surface area contributed by atoms with Gasteiger partial charge >= 0.3 is 17.6 Å². The summed E-state index contributed by atoms with van der Waals surface area (Å²) < 4.78 is 9.58. The highest BCUT2D eigenvalue weighted by Gasteiger charge is 2.31. The lowest BCUT2D eigenvalue weighted by molar-refractivity contribution is -0.385. The zero-order valence-electron chi connectivity index (χ0n) is 9.04. The highest BCUT2D eigenvalue weighted by Crippen LogP contribution is 2.41. The van der Waals surface area contributed by atoms with Gasteiger partial charge in [0.1, 0.15) is 6.42 Å². The van der Waals surface area contributed by atoms with Crippen molar-refractivity contribution in [1.29, 1.82) is 0 Å². The van der Waals surface area contributed by atoms with E-state index >= 15 is 0 Å². The predicted molar refractivity (Wildman–Crippen MR) is 59.1 cm³/mol. The minimum absolute atomic E-state index is 0.150. The highest BCUT2D eigenvalue weighted by molar-refractivity contribution is 5.96. The van der Waals surface area contributed by atoms with Crippen molar-refractivity contribution in [3.63, 3.8) is 0 Å². The fourth-order valence-electron chi connectivity index (χ4n) is 1.53. The average Bonchev–Trinajstić information content (AvgIpc) is 2.43. The van der Waals surface area contributed by atoms with E-state index in [2.05, 4.69) is 6.58 Å². The van der Waals surface area contributed by atoms with Crippen LogP contribution in [0.15, 0.2) is 18.7 Å². The van der Waals surface area contributed by atoms with Crippen LogP contribution in [-0.4, -0.2) is 16.9 Å². The second-order valence-corrected chi connectivity index (χ2v) is 3.42. The Morgan fingerprint density at radius 2 is 1.94 bits per heavy atom. The standard InChI is InChI=1S/C11H7NO6/c1-2-6-3-4-7-11(10(6)12(15)16)18-9(14)5-8(13)17-7/h2-4H,1,5H2. The van der Waals surface area contributed by atoms with Gasteiger partial charge in [-0.1, -0.05) is 12.7 Å². The van der Waals surface area contributed by atoms with Gasteiger partial charge in [0, 0.05) is 0 Å². The van der Waals surface area contributed by atoms with Crippen LogP contribution in [0.1, 0.15) is 12.0 Å². The van der Waals surface area contributed by atoms with Gasteiger partial charge in [-0.3, -0.25) is 19.7 Å². The molecule has 0 saturated heterocycles. The monoisotopic (exact) mass is 249 g/mol. The van der Waals surface area contributed by atoms with Crippen LogP contribution < -0.4 is 9.47 Å². The van der Waals surface area contributed by atoms with Crippen LogP contribution in [0.5, 0.6) is 11.5 Å². The summed E-state index contributed by atoms with van der Waals surface area (Å²) in [5.74, 6) is -2.24. The van der Waals surface area contributed by atoms with Crippen LogP contribution in [-0.2, 0) is 9.59 Å². The SMILES string of the molecule is C=Cc1ccc2c(c1[N+](=O)[O-])OC(=O)CC(=O)O2. The number of esters is 2. The fraction of sp³-hybridized carbons (Fsp3) is 0.0909. The molecule has 18 heavy (non-hydrogen) atoms. The van der Waals surface area contributed by atoms with Gasteiger partial charge < -0.3 is 9.47 Å². The van der Waals surface area contributed by atoms with E-state index < -0.39 is 29.0 Å². The van der Waals surface area contributed by atoms with Gasteiger partial charge in [0.05, 0.1) is 10.5 Å². The molecule has 2 rings (SSSR count). The molecule has 0 radical (unpaired) electrons. The Bertz CT molecular complexity index is 577. The van der Waals surface area contributed by atoms with Crippen LogP contribution in [0, 0.1) is 10.1 Å². The lowest BCUT2D eigenvalue weighted by Gasteiger charge is -2.07. The molecule has 0 bridgehead atoms. The fourth-order valence-corrected chi connectivity index (χ4v) is 1.53.